The molecule has 90 valence electrons. The van der Waals surface area contributed by atoms with Crippen LogP contribution in [0.15, 0.2) is 39.6 Å². The van der Waals surface area contributed by atoms with E-state index in [1.165, 1.54) is 11.3 Å². The van der Waals surface area contributed by atoms with E-state index in [0.29, 0.717) is 17.9 Å². The molecule has 0 aliphatic heterocycles. The van der Waals surface area contributed by atoms with E-state index >= 15 is 0 Å². The van der Waals surface area contributed by atoms with Gasteiger partial charge in [0.2, 0.25) is 0 Å². The molecule has 0 aromatic carbocycles. The molecule has 0 unspecified atom stereocenters. The van der Waals surface area contributed by atoms with Crippen molar-refractivity contribution in [2.24, 2.45) is 0 Å². The summed E-state index contributed by atoms with van der Waals surface area (Å²) >= 11 is 1.50. The van der Waals surface area contributed by atoms with Crippen LogP contribution in [0.1, 0.15) is 22.2 Å². The van der Waals surface area contributed by atoms with Crippen molar-refractivity contribution in [1.29, 1.82) is 0 Å². The fourth-order valence-electron chi connectivity index (χ4n) is 1.46. The zero-order valence-corrected chi connectivity index (χ0v) is 10.2. The SMILES string of the molecule is CO[C@@H](CNC(=O)c1ccsc1)c1ccco1. The number of hydrogen-bond acceptors (Lipinski definition) is 4. The van der Waals surface area contributed by atoms with Crippen molar-refractivity contribution in [2.75, 3.05) is 13.7 Å². The van der Waals surface area contributed by atoms with Crippen molar-refractivity contribution in [1.82, 2.24) is 5.32 Å². The second kappa shape index (κ2) is 5.65. The largest absolute Gasteiger partial charge is 0.467 e. The van der Waals surface area contributed by atoms with Crippen LogP contribution in [0.5, 0.6) is 0 Å². The molecule has 2 rings (SSSR count). The highest BCUT2D eigenvalue weighted by atomic mass is 32.1. The van der Waals surface area contributed by atoms with E-state index < -0.39 is 0 Å². The van der Waals surface area contributed by atoms with Crippen LogP contribution in [0.4, 0.5) is 0 Å². The zero-order valence-electron chi connectivity index (χ0n) is 9.38. The van der Waals surface area contributed by atoms with Gasteiger partial charge < -0.3 is 14.5 Å². The summed E-state index contributed by atoms with van der Waals surface area (Å²) in [7, 11) is 1.59. The fourth-order valence-corrected chi connectivity index (χ4v) is 2.09. The number of carbonyl (C=O) groups is 1. The number of furan rings is 1. The van der Waals surface area contributed by atoms with E-state index in [1.807, 2.05) is 16.8 Å². The lowest BCUT2D eigenvalue weighted by molar-refractivity contribution is 0.0738. The van der Waals surface area contributed by atoms with Gasteiger partial charge in [-0.1, -0.05) is 0 Å². The molecule has 1 N–H and O–H groups in total. The standard InChI is InChI=1S/C12H13NO3S/c1-15-11(10-3-2-5-16-10)7-13-12(14)9-4-6-17-8-9/h2-6,8,11H,7H2,1H3,(H,13,14)/t11-/m0/s1. The van der Waals surface area contributed by atoms with Gasteiger partial charge in [0.1, 0.15) is 11.9 Å². The van der Waals surface area contributed by atoms with Crippen LogP contribution in [-0.2, 0) is 4.74 Å². The Hall–Kier alpha value is -1.59. The molecule has 0 aliphatic rings. The van der Waals surface area contributed by atoms with Crippen LogP contribution in [-0.4, -0.2) is 19.6 Å². The molecule has 1 amide bonds. The fraction of sp³-hybridized carbons (Fsp3) is 0.250. The molecule has 0 aliphatic carbocycles. The molecule has 4 nitrogen and oxygen atoms in total. The quantitative estimate of drug-likeness (QED) is 0.888. The highest BCUT2D eigenvalue weighted by Gasteiger charge is 2.15. The molecule has 0 bridgehead atoms. The van der Waals surface area contributed by atoms with Crippen LogP contribution < -0.4 is 5.32 Å². The van der Waals surface area contributed by atoms with Crippen molar-refractivity contribution < 1.29 is 13.9 Å². The molecule has 0 spiro atoms. The van der Waals surface area contributed by atoms with Crippen molar-refractivity contribution >= 4 is 17.2 Å². The van der Waals surface area contributed by atoms with E-state index in [1.54, 1.807) is 25.5 Å². The molecule has 1 atom stereocenters. The number of rotatable bonds is 5. The Labute approximate surface area is 103 Å². The van der Waals surface area contributed by atoms with Gasteiger partial charge in [0.05, 0.1) is 12.8 Å². The van der Waals surface area contributed by atoms with Crippen LogP contribution in [0.3, 0.4) is 0 Å². The van der Waals surface area contributed by atoms with Gasteiger partial charge in [0.15, 0.2) is 0 Å². The summed E-state index contributed by atoms with van der Waals surface area (Å²) in [5.74, 6) is 0.609. The molecule has 2 heterocycles. The van der Waals surface area contributed by atoms with Gasteiger partial charge in [0.25, 0.3) is 5.91 Å². The number of thiophene rings is 1. The van der Waals surface area contributed by atoms with Crippen LogP contribution in [0.25, 0.3) is 0 Å². The molecular formula is C12H13NO3S. The van der Waals surface area contributed by atoms with Gasteiger partial charge in [-0.3, -0.25) is 4.79 Å². The second-order valence-corrected chi connectivity index (χ2v) is 4.24. The van der Waals surface area contributed by atoms with Gasteiger partial charge in [-0.05, 0) is 23.6 Å². The third-order valence-corrected chi connectivity index (χ3v) is 3.06. The molecule has 2 aromatic heterocycles. The highest BCUT2D eigenvalue weighted by Crippen LogP contribution is 2.16. The molecule has 0 saturated carbocycles. The number of amides is 1. The van der Waals surface area contributed by atoms with Gasteiger partial charge in [-0.2, -0.15) is 11.3 Å². The van der Waals surface area contributed by atoms with Crippen molar-refractivity contribution in [3.05, 3.63) is 46.5 Å². The Kier molecular flexibility index (Phi) is 3.95. The first kappa shape index (κ1) is 11.9. The Balaban J connectivity index is 1.91. The van der Waals surface area contributed by atoms with Crippen molar-refractivity contribution in [2.45, 2.75) is 6.10 Å². The van der Waals surface area contributed by atoms with E-state index in [0.717, 1.165) is 0 Å². The second-order valence-electron chi connectivity index (χ2n) is 3.46. The summed E-state index contributed by atoms with van der Waals surface area (Å²) in [5, 5.41) is 6.49. The number of nitrogens with one attached hydrogen (secondary N) is 1. The van der Waals surface area contributed by atoms with Crippen LogP contribution >= 0.6 is 11.3 Å². The predicted molar refractivity (Wildman–Crippen MR) is 65.1 cm³/mol. The Morgan fingerprint density at radius 3 is 3.06 bits per heavy atom. The first-order valence-electron chi connectivity index (χ1n) is 5.18. The summed E-state index contributed by atoms with van der Waals surface area (Å²) < 4.78 is 10.5. The normalized spacial score (nSPS) is 12.3. The van der Waals surface area contributed by atoms with Gasteiger partial charge >= 0.3 is 0 Å². The molecular weight excluding hydrogens is 238 g/mol. The Morgan fingerprint density at radius 1 is 1.59 bits per heavy atom. The molecule has 5 heteroatoms. The smallest absolute Gasteiger partial charge is 0.252 e. The zero-order chi connectivity index (χ0) is 12.1. The van der Waals surface area contributed by atoms with Gasteiger partial charge in [-0.25, -0.2) is 0 Å². The van der Waals surface area contributed by atoms with Gasteiger partial charge in [-0.15, -0.1) is 0 Å². The lowest BCUT2D eigenvalue weighted by atomic mass is 10.2. The summed E-state index contributed by atoms with van der Waals surface area (Å²) in [6.07, 6.45) is 1.33. The van der Waals surface area contributed by atoms with E-state index in [-0.39, 0.29) is 12.0 Å². The van der Waals surface area contributed by atoms with E-state index in [9.17, 15) is 4.79 Å². The van der Waals surface area contributed by atoms with E-state index in [4.69, 9.17) is 9.15 Å². The molecule has 0 fully saturated rings. The Morgan fingerprint density at radius 2 is 2.47 bits per heavy atom. The maximum absolute atomic E-state index is 11.7. The number of ether oxygens (including phenoxy) is 1. The minimum absolute atomic E-state index is 0.0974. The molecule has 0 saturated heterocycles. The average Bonchev–Trinajstić information content (AvgIpc) is 3.02. The third-order valence-electron chi connectivity index (χ3n) is 2.38. The summed E-state index contributed by atoms with van der Waals surface area (Å²) in [6.45, 7) is 0.388. The molecule has 17 heavy (non-hydrogen) atoms. The van der Waals surface area contributed by atoms with Crippen LogP contribution in [0.2, 0.25) is 0 Å². The third kappa shape index (κ3) is 2.95. The summed E-state index contributed by atoms with van der Waals surface area (Å²) in [4.78, 5) is 11.7. The minimum atomic E-state index is -0.257. The summed E-state index contributed by atoms with van der Waals surface area (Å²) in [5.41, 5.74) is 0.671. The maximum atomic E-state index is 11.7. The lowest BCUT2D eigenvalue weighted by Gasteiger charge is -2.13. The van der Waals surface area contributed by atoms with Gasteiger partial charge in [0, 0.05) is 18.1 Å². The average molecular weight is 251 g/mol. The van der Waals surface area contributed by atoms with Crippen molar-refractivity contribution in [3.63, 3.8) is 0 Å². The Bertz CT molecular complexity index is 450. The topological polar surface area (TPSA) is 51.5 Å². The summed E-state index contributed by atoms with van der Waals surface area (Å²) in [6, 6.07) is 5.40. The number of methoxy groups -OCH3 is 1. The molecule has 0 radical (unpaired) electrons. The first-order valence-corrected chi connectivity index (χ1v) is 6.12. The van der Waals surface area contributed by atoms with E-state index in [2.05, 4.69) is 5.32 Å². The number of hydrogen-bond donors (Lipinski definition) is 1. The predicted octanol–water partition coefficient (Wildman–Crippen LogP) is 2.46. The maximum Gasteiger partial charge on any atom is 0.252 e. The minimum Gasteiger partial charge on any atom is -0.467 e. The highest BCUT2D eigenvalue weighted by molar-refractivity contribution is 7.08. The van der Waals surface area contributed by atoms with Crippen LogP contribution in [0, 0.1) is 0 Å². The first-order chi connectivity index (χ1) is 8.31. The molecule has 2 aromatic rings. The lowest BCUT2D eigenvalue weighted by Crippen LogP contribution is -2.28. The number of carbonyl (C=O) groups excluding carboxylic acids is 1. The monoisotopic (exact) mass is 251 g/mol. The van der Waals surface area contributed by atoms with Crippen molar-refractivity contribution in [3.8, 4) is 0 Å².